The molecule has 2 heterocycles. The Labute approximate surface area is 169 Å². The van der Waals surface area contributed by atoms with E-state index < -0.39 is 6.04 Å². The number of hydrogen-bond donors (Lipinski definition) is 4. The molecule has 0 aliphatic carbocycles. The van der Waals surface area contributed by atoms with Crippen LogP contribution in [-0.4, -0.2) is 27.8 Å². The lowest BCUT2D eigenvalue weighted by Crippen LogP contribution is -2.44. The minimum absolute atomic E-state index is 0.273. The Bertz CT molecular complexity index is 997. The summed E-state index contributed by atoms with van der Waals surface area (Å²) in [5.74, 6) is -0.154. The molecule has 7 heteroatoms. The molecule has 1 unspecified atom stereocenters. The van der Waals surface area contributed by atoms with Crippen LogP contribution in [-0.2, 0) is 17.8 Å². The minimum Gasteiger partial charge on any atom is -0.384 e. The number of anilines is 1. The van der Waals surface area contributed by atoms with Gasteiger partial charge in [-0.25, -0.2) is 4.98 Å². The first-order chi connectivity index (χ1) is 13.9. The Kier molecular flexibility index (Phi) is 6.29. The van der Waals surface area contributed by atoms with Gasteiger partial charge < -0.3 is 21.4 Å². The van der Waals surface area contributed by atoms with E-state index in [0.29, 0.717) is 18.1 Å². The zero-order chi connectivity index (χ0) is 20.8. The molecule has 0 spiro atoms. The number of nitrogen functional groups attached to an aromatic ring is 1. The highest BCUT2D eigenvalue weighted by Crippen LogP contribution is 2.11. The lowest BCUT2D eigenvalue weighted by molar-refractivity contribution is -0.122. The van der Waals surface area contributed by atoms with Gasteiger partial charge in [0.05, 0.1) is 0 Å². The Morgan fingerprint density at radius 2 is 1.90 bits per heavy atom. The van der Waals surface area contributed by atoms with Crippen molar-refractivity contribution in [2.75, 3.05) is 5.73 Å². The van der Waals surface area contributed by atoms with Crippen LogP contribution in [0.3, 0.4) is 0 Å². The smallest absolute Gasteiger partial charge is 0.268 e. The molecule has 0 aliphatic heterocycles. The number of carbonyl (C=O) groups is 2. The number of hydrogen-bond acceptors (Lipinski definition) is 4. The second-order valence-corrected chi connectivity index (χ2v) is 6.98. The average molecular weight is 391 g/mol. The Balaban J connectivity index is 1.52. The largest absolute Gasteiger partial charge is 0.384 e. The van der Waals surface area contributed by atoms with Crippen molar-refractivity contribution in [3.8, 4) is 0 Å². The molecule has 0 aliphatic rings. The van der Waals surface area contributed by atoms with Crippen LogP contribution in [0.4, 0.5) is 5.82 Å². The fourth-order valence-electron chi connectivity index (χ4n) is 2.98. The Morgan fingerprint density at radius 3 is 2.62 bits per heavy atom. The molecule has 2 amide bonds. The SMILES string of the molecule is Cc1nc(N)ccc1CNC(=O)C(C)NC(=O)c1cc(Cc2ccccc2)c[nH]1. The number of pyridine rings is 1. The van der Waals surface area contributed by atoms with Crippen molar-refractivity contribution >= 4 is 17.6 Å². The number of aryl methyl sites for hydroxylation is 1. The number of aromatic amines is 1. The van der Waals surface area contributed by atoms with Gasteiger partial charge in [-0.1, -0.05) is 36.4 Å². The maximum absolute atomic E-state index is 12.4. The predicted molar refractivity (Wildman–Crippen MR) is 112 cm³/mol. The van der Waals surface area contributed by atoms with Gasteiger partial charge in [-0.2, -0.15) is 0 Å². The van der Waals surface area contributed by atoms with E-state index in [2.05, 4.69) is 20.6 Å². The number of nitrogens with zero attached hydrogens (tertiary/aromatic N) is 1. The summed E-state index contributed by atoms with van der Waals surface area (Å²) in [5.41, 5.74) is 9.87. The number of amides is 2. The minimum atomic E-state index is -0.676. The number of carbonyl (C=O) groups excluding carboxylic acids is 2. The maximum atomic E-state index is 12.4. The molecule has 29 heavy (non-hydrogen) atoms. The monoisotopic (exact) mass is 391 g/mol. The summed E-state index contributed by atoms with van der Waals surface area (Å²) >= 11 is 0. The second kappa shape index (κ2) is 9.05. The molecule has 3 aromatic rings. The number of benzene rings is 1. The molecule has 1 aromatic carbocycles. The van der Waals surface area contributed by atoms with E-state index in [1.165, 1.54) is 5.56 Å². The van der Waals surface area contributed by atoms with E-state index in [4.69, 9.17) is 5.73 Å². The molecule has 0 fully saturated rings. The molecule has 150 valence electrons. The van der Waals surface area contributed by atoms with E-state index in [1.807, 2.05) is 49.5 Å². The fourth-order valence-corrected chi connectivity index (χ4v) is 2.98. The topological polar surface area (TPSA) is 113 Å². The third kappa shape index (κ3) is 5.44. The van der Waals surface area contributed by atoms with Crippen LogP contribution in [0.1, 0.15) is 39.8 Å². The zero-order valence-corrected chi connectivity index (χ0v) is 16.5. The standard InChI is InChI=1S/C22H25N5O2/c1-14-18(8-9-20(23)26-14)13-25-21(28)15(2)27-22(29)19-11-17(12-24-19)10-16-6-4-3-5-7-16/h3-9,11-12,15,24H,10,13H2,1-2H3,(H2,23,26)(H,25,28)(H,27,29). The molecule has 0 bridgehead atoms. The van der Waals surface area contributed by atoms with Crippen LogP contribution in [0, 0.1) is 6.92 Å². The van der Waals surface area contributed by atoms with E-state index in [0.717, 1.165) is 23.2 Å². The molecule has 2 aromatic heterocycles. The predicted octanol–water partition coefficient (Wildman–Crippen LogP) is 2.33. The molecular formula is C22H25N5O2. The van der Waals surface area contributed by atoms with Crippen LogP contribution in [0.5, 0.6) is 0 Å². The summed E-state index contributed by atoms with van der Waals surface area (Å²) in [7, 11) is 0. The molecule has 5 N–H and O–H groups in total. The number of nitrogens with one attached hydrogen (secondary N) is 3. The Hall–Kier alpha value is -3.61. The maximum Gasteiger partial charge on any atom is 0.268 e. The zero-order valence-electron chi connectivity index (χ0n) is 16.5. The van der Waals surface area contributed by atoms with Crippen molar-refractivity contribution < 1.29 is 9.59 Å². The van der Waals surface area contributed by atoms with Gasteiger partial charge in [0.25, 0.3) is 5.91 Å². The summed E-state index contributed by atoms with van der Waals surface area (Å²) < 4.78 is 0. The fraction of sp³-hybridized carbons (Fsp3) is 0.227. The van der Waals surface area contributed by atoms with Crippen molar-refractivity contribution in [1.29, 1.82) is 0 Å². The highest BCUT2D eigenvalue weighted by molar-refractivity contribution is 5.96. The van der Waals surface area contributed by atoms with Crippen LogP contribution >= 0.6 is 0 Å². The second-order valence-electron chi connectivity index (χ2n) is 6.98. The first-order valence-corrected chi connectivity index (χ1v) is 9.44. The highest BCUT2D eigenvalue weighted by Gasteiger charge is 2.18. The van der Waals surface area contributed by atoms with Crippen molar-refractivity contribution in [2.45, 2.75) is 32.9 Å². The molecule has 1 atom stereocenters. The molecule has 0 saturated heterocycles. The number of aromatic nitrogens is 2. The van der Waals surface area contributed by atoms with Gasteiger partial charge >= 0.3 is 0 Å². The number of nitrogens with two attached hydrogens (primary N) is 1. The quantitative estimate of drug-likeness (QED) is 0.495. The van der Waals surface area contributed by atoms with Crippen molar-refractivity contribution in [2.24, 2.45) is 0 Å². The van der Waals surface area contributed by atoms with Crippen LogP contribution in [0.2, 0.25) is 0 Å². The van der Waals surface area contributed by atoms with Crippen molar-refractivity contribution in [1.82, 2.24) is 20.6 Å². The summed E-state index contributed by atoms with van der Waals surface area (Å²) in [6.07, 6.45) is 2.54. The van der Waals surface area contributed by atoms with E-state index in [-0.39, 0.29) is 11.8 Å². The van der Waals surface area contributed by atoms with E-state index in [1.54, 1.807) is 19.1 Å². The third-order valence-electron chi connectivity index (χ3n) is 4.65. The normalized spacial score (nSPS) is 11.7. The Morgan fingerprint density at radius 1 is 1.14 bits per heavy atom. The molecule has 3 rings (SSSR count). The summed E-state index contributed by atoms with van der Waals surface area (Å²) in [5, 5.41) is 5.52. The molecule has 0 saturated carbocycles. The van der Waals surface area contributed by atoms with Gasteiger partial charge in [0, 0.05) is 18.4 Å². The van der Waals surface area contributed by atoms with Crippen molar-refractivity contribution in [3.63, 3.8) is 0 Å². The van der Waals surface area contributed by atoms with Crippen LogP contribution < -0.4 is 16.4 Å². The number of rotatable bonds is 7. The molecule has 0 radical (unpaired) electrons. The van der Waals surface area contributed by atoms with Gasteiger partial charge in [-0.05, 0) is 49.1 Å². The van der Waals surface area contributed by atoms with E-state index in [9.17, 15) is 9.59 Å². The first kappa shape index (κ1) is 20.1. The first-order valence-electron chi connectivity index (χ1n) is 9.44. The van der Waals surface area contributed by atoms with Gasteiger partial charge in [-0.3, -0.25) is 9.59 Å². The molecular weight excluding hydrogens is 366 g/mol. The van der Waals surface area contributed by atoms with Crippen molar-refractivity contribution in [3.05, 3.63) is 82.8 Å². The van der Waals surface area contributed by atoms with Gasteiger partial charge in [0.1, 0.15) is 17.6 Å². The third-order valence-corrected chi connectivity index (χ3v) is 4.65. The number of H-pyrrole nitrogens is 1. The van der Waals surface area contributed by atoms with E-state index >= 15 is 0 Å². The van der Waals surface area contributed by atoms with Gasteiger partial charge in [0.15, 0.2) is 0 Å². The summed E-state index contributed by atoms with van der Waals surface area (Å²) in [6.45, 7) is 3.80. The lowest BCUT2D eigenvalue weighted by atomic mass is 10.1. The summed E-state index contributed by atoms with van der Waals surface area (Å²) in [4.78, 5) is 31.9. The average Bonchev–Trinajstić information content (AvgIpc) is 3.16. The summed E-state index contributed by atoms with van der Waals surface area (Å²) in [6, 6.07) is 14.7. The lowest BCUT2D eigenvalue weighted by Gasteiger charge is -2.14. The van der Waals surface area contributed by atoms with Gasteiger partial charge in [-0.15, -0.1) is 0 Å². The molecule has 7 nitrogen and oxygen atoms in total. The van der Waals surface area contributed by atoms with Crippen LogP contribution in [0.15, 0.2) is 54.7 Å². The van der Waals surface area contributed by atoms with Gasteiger partial charge in [0.2, 0.25) is 5.91 Å². The highest BCUT2D eigenvalue weighted by atomic mass is 16.2. The van der Waals surface area contributed by atoms with Crippen LogP contribution in [0.25, 0.3) is 0 Å².